The number of aromatic nitrogens is 2. The van der Waals surface area contributed by atoms with Crippen molar-refractivity contribution in [3.63, 3.8) is 0 Å². The summed E-state index contributed by atoms with van der Waals surface area (Å²) in [4.78, 5) is 37.5. The van der Waals surface area contributed by atoms with Gasteiger partial charge in [0.25, 0.3) is 5.91 Å². The van der Waals surface area contributed by atoms with Crippen LogP contribution in [-0.4, -0.2) is 45.9 Å². The van der Waals surface area contributed by atoms with Gasteiger partial charge in [-0.2, -0.15) is 0 Å². The number of rotatable bonds is 6. The summed E-state index contributed by atoms with van der Waals surface area (Å²) in [6.45, 7) is 6.71. The molecule has 3 N–H and O–H groups in total. The fraction of sp³-hybridized carbons (Fsp3) is 0.308. The number of nitrogens with two attached hydrogens (primary N) is 1. The second kappa shape index (κ2) is 10.4. The van der Waals surface area contributed by atoms with Crippen LogP contribution < -0.4 is 16.0 Å². The quantitative estimate of drug-likeness (QED) is 0.583. The molecule has 1 aromatic carbocycles. The second-order valence-corrected chi connectivity index (χ2v) is 8.64. The van der Waals surface area contributed by atoms with Crippen molar-refractivity contribution in [2.45, 2.75) is 39.3 Å². The maximum atomic E-state index is 13.4. The zero-order valence-corrected chi connectivity index (χ0v) is 19.6. The summed E-state index contributed by atoms with van der Waals surface area (Å²) in [7, 11) is 0. The molecule has 2 aromatic heterocycles. The lowest BCUT2D eigenvalue weighted by Crippen LogP contribution is -2.49. The average Bonchev–Trinajstić information content (AvgIpc) is 2.83. The molecule has 1 fully saturated rings. The van der Waals surface area contributed by atoms with Gasteiger partial charge in [0.1, 0.15) is 5.69 Å². The molecular weight excluding hydrogens is 428 g/mol. The van der Waals surface area contributed by atoms with Crippen molar-refractivity contribution in [2.24, 2.45) is 5.73 Å². The van der Waals surface area contributed by atoms with E-state index in [4.69, 9.17) is 5.73 Å². The number of anilines is 2. The van der Waals surface area contributed by atoms with Gasteiger partial charge in [-0.3, -0.25) is 19.6 Å². The Morgan fingerprint density at radius 3 is 2.41 bits per heavy atom. The summed E-state index contributed by atoms with van der Waals surface area (Å²) in [5, 5.41) is 2.92. The van der Waals surface area contributed by atoms with Gasteiger partial charge in [-0.1, -0.05) is 24.3 Å². The number of benzene rings is 1. The topological polar surface area (TPSA) is 104 Å². The summed E-state index contributed by atoms with van der Waals surface area (Å²) in [6, 6.07) is 16.9. The van der Waals surface area contributed by atoms with Crippen molar-refractivity contribution < 1.29 is 9.59 Å². The number of aryl methyl sites for hydroxylation is 2. The van der Waals surface area contributed by atoms with E-state index in [0.717, 1.165) is 49.6 Å². The van der Waals surface area contributed by atoms with E-state index < -0.39 is 5.91 Å². The van der Waals surface area contributed by atoms with Gasteiger partial charge < -0.3 is 11.1 Å². The molecule has 176 valence electrons. The molecule has 0 spiro atoms. The molecule has 3 aromatic rings. The highest BCUT2D eigenvalue weighted by atomic mass is 16.2. The minimum Gasteiger partial charge on any atom is -0.364 e. The molecule has 34 heavy (non-hydrogen) atoms. The Kier molecular flexibility index (Phi) is 7.18. The third-order valence-corrected chi connectivity index (χ3v) is 6.17. The van der Waals surface area contributed by atoms with E-state index in [9.17, 15) is 9.59 Å². The lowest BCUT2D eigenvalue weighted by atomic mass is 10.0. The summed E-state index contributed by atoms with van der Waals surface area (Å²) < 4.78 is 0. The van der Waals surface area contributed by atoms with E-state index in [1.165, 1.54) is 17.8 Å². The zero-order valence-electron chi connectivity index (χ0n) is 19.6. The number of amides is 3. The van der Waals surface area contributed by atoms with Crippen LogP contribution in [-0.2, 0) is 6.54 Å². The third kappa shape index (κ3) is 5.58. The first kappa shape index (κ1) is 23.4. The standard InChI is InChI=1S/C26H30N6O2/c1-18-8-9-20(19(2)29-18)17-31-14-12-23(13-15-31)32(22-6-4-3-5-7-22)26(34)30-21-10-11-24(25(27)33)28-16-21/h3-11,16,23H,12-15,17H2,1-2H3,(H2,27,33)(H,30,34). The maximum Gasteiger partial charge on any atom is 0.326 e. The molecule has 0 aliphatic carbocycles. The Labute approximate surface area is 199 Å². The van der Waals surface area contributed by atoms with Crippen LogP contribution in [0.2, 0.25) is 0 Å². The van der Waals surface area contributed by atoms with Gasteiger partial charge in [-0.05, 0) is 62.6 Å². The number of carbonyl (C=O) groups is 2. The van der Waals surface area contributed by atoms with Gasteiger partial charge in [0, 0.05) is 42.8 Å². The number of likely N-dealkylation sites (tertiary alicyclic amines) is 1. The van der Waals surface area contributed by atoms with Crippen molar-refractivity contribution >= 4 is 23.3 Å². The van der Waals surface area contributed by atoms with E-state index in [0.29, 0.717) is 5.69 Å². The van der Waals surface area contributed by atoms with E-state index in [1.807, 2.05) is 42.2 Å². The first-order valence-corrected chi connectivity index (χ1v) is 11.5. The number of nitrogens with one attached hydrogen (secondary N) is 1. The minimum atomic E-state index is -0.604. The van der Waals surface area contributed by atoms with Gasteiger partial charge in [-0.25, -0.2) is 9.78 Å². The van der Waals surface area contributed by atoms with Crippen molar-refractivity contribution in [3.05, 3.63) is 83.4 Å². The Bertz CT molecular complexity index is 1140. The number of primary amides is 1. The number of carbonyl (C=O) groups excluding carboxylic acids is 2. The first-order chi connectivity index (χ1) is 16.4. The normalized spacial score (nSPS) is 14.5. The number of hydrogen-bond acceptors (Lipinski definition) is 5. The number of para-hydroxylation sites is 1. The Morgan fingerprint density at radius 1 is 1.06 bits per heavy atom. The van der Waals surface area contributed by atoms with Crippen LogP contribution in [0.15, 0.2) is 60.8 Å². The number of pyridine rings is 2. The van der Waals surface area contributed by atoms with Gasteiger partial charge in [0.05, 0.1) is 11.9 Å². The van der Waals surface area contributed by atoms with Crippen LogP contribution in [0.25, 0.3) is 0 Å². The molecule has 1 aliphatic heterocycles. The Balaban J connectivity index is 1.45. The van der Waals surface area contributed by atoms with Crippen LogP contribution in [0.4, 0.5) is 16.2 Å². The van der Waals surface area contributed by atoms with Gasteiger partial charge >= 0.3 is 6.03 Å². The lowest BCUT2D eigenvalue weighted by molar-refractivity contribution is 0.0995. The Morgan fingerprint density at radius 2 is 1.79 bits per heavy atom. The molecule has 0 atom stereocenters. The molecular formula is C26H30N6O2. The average molecular weight is 459 g/mol. The fourth-order valence-electron chi connectivity index (χ4n) is 4.34. The van der Waals surface area contributed by atoms with Crippen LogP contribution in [0, 0.1) is 13.8 Å². The van der Waals surface area contributed by atoms with Crippen LogP contribution >= 0.6 is 0 Å². The van der Waals surface area contributed by atoms with Crippen molar-refractivity contribution in [1.29, 1.82) is 0 Å². The molecule has 8 nitrogen and oxygen atoms in total. The molecule has 8 heteroatoms. The van der Waals surface area contributed by atoms with Crippen LogP contribution in [0.5, 0.6) is 0 Å². The van der Waals surface area contributed by atoms with Crippen molar-refractivity contribution in [3.8, 4) is 0 Å². The number of hydrogen-bond donors (Lipinski definition) is 2. The fourth-order valence-corrected chi connectivity index (χ4v) is 4.34. The van der Waals surface area contributed by atoms with Crippen LogP contribution in [0.3, 0.4) is 0 Å². The predicted octanol–water partition coefficient (Wildman–Crippen LogP) is 3.90. The lowest BCUT2D eigenvalue weighted by Gasteiger charge is -2.38. The largest absolute Gasteiger partial charge is 0.364 e. The zero-order chi connectivity index (χ0) is 24.1. The summed E-state index contributed by atoms with van der Waals surface area (Å²) in [6.07, 6.45) is 3.17. The second-order valence-electron chi connectivity index (χ2n) is 8.64. The minimum absolute atomic E-state index is 0.0636. The van der Waals surface area contributed by atoms with Crippen molar-refractivity contribution in [1.82, 2.24) is 14.9 Å². The monoisotopic (exact) mass is 458 g/mol. The third-order valence-electron chi connectivity index (χ3n) is 6.17. The number of piperidine rings is 1. The maximum absolute atomic E-state index is 13.4. The SMILES string of the molecule is Cc1ccc(CN2CCC(N(C(=O)Nc3ccc(C(N)=O)nc3)c3ccccc3)CC2)c(C)n1. The molecule has 3 amide bonds. The molecule has 0 saturated carbocycles. The van der Waals surface area contributed by atoms with E-state index in [2.05, 4.69) is 39.2 Å². The van der Waals surface area contributed by atoms with Crippen LogP contribution in [0.1, 0.15) is 40.3 Å². The molecule has 0 unspecified atom stereocenters. The first-order valence-electron chi connectivity index (χ1n) is 11.5. The van der Waals surface area contributed by atoms with Gasteiger partial charge in [-0.15, -0.1) is 0 Å². The Hall–Kier alpha value is -3.78. The molecule has 3 heterocycles. The summed E-state index contributed by atoms with van der Waals surface area (Å²) in [5.74, 6) is -0.604. The van der Waals surface area contributed by atoms with E-state index in [1.54, 1.807) is 6.07 Å². The van der Waals surface area contributed by atoms with E-state index >= 15 is 0 Å². The number of urea groups is 1. The highest BCUT2D eigenvalue weighted by molar-refractivity contribution is 6.02. The molecule has 1 aliphatic rings. The van der Waals surface area contributed by atoms with Gasteiger partial charge in [0.15, 0.2) is 0 Å². The summed E-state index contributed by atoms with van der Waals surface area (Å²) in [5.41, 5.74) is 10.1. The molecule has 4 rings (SSSR count). The van der Waals surface area contributed by atoms with Crippen molar-refractivity contribution in [2.75, 3.05) is 23.3 Å². The van der Waals surface area contributed by atoms with Gasteiger partial charge in [0.2, 0.25) is 0 Å². The molecule has 0 radical (unpaired) electrons. The molecule has 0 bridgehead atoms. The highest BCUT2D eigenvalue weighted by Crippen LogP contribution is 2.26. The number of nitrogens with zero attached hydrogens (tertiary/aromatic N) is 4. The van der Waals surface area contributed by atoms with E-state index in [-0.39, 0.29) is 17.8 Å². The molecule has 1 saturated heterocycles. The highest BCUT2D eigenvalue weighted by Gasteiger charge is 2.29. The predicted molar refractivity (Wildman–Crippen MR) is 133 cm³/mol. The summed E-state index contributed by atoms with van der Waals surface area (Å²) >= 11 is 0. The smallest absolute Gasteiger partial charge is 0.326 e.